The highest BCUT2D eigenvalue weighted by Crippen LogP contribution is 2.13. The number of anilines is 1. The Balaban J connectivity index is 3.34. The topological polar surface area (TPSA) is 55.9 Å². The lowest BCUT2D eigenvalue weighted by molar-refractivity contribution is -0.622. The smallest absolute Gasteiger partial charge is 0.285 e. The highest BCUT2D eigenvalue weighted by atomic mass is 127. The van der Waals surface area contributed by atoms with Crippen LogP contribution in [0.1, 0.15) is 0 Å². The highest BCUT2D eigenvalue weighted by molar-refractivity contribution is 14.1. The highest BCUT2D eigenvalue weighted by Gasteiger charge is 2.08. The molecule has 0 saturated heterocycles. The van der Waals surface area contributed by atoms with Crippen molar-refractivity contribution in [3.05, 3.63) is 20.9 Å². The van der Waals surface area contributed by atoms with E-state index in [1.54, 1.807) is 6.07 Å². The third-order valence-corrected chi connectivity index (χ3v) is 2.66. The van der Waals surface area contributed by atoms with Crippen molar-refractivity contribution >= 4 is 40.0 Å². The fourth-order valence-electron chi connectivity index (χ4n) is 0.536. The molecule has 0 aliphatic heterocycles. The number of halogens is 2. The van der Waals surface area contributed by atoms with Crippen LogP contribution in [0.2, 0.25) is 5.15 Å². The van der Waals surface area contributed by atoms with Gasteiger partial charge in [0.15, 0.2) is 0 Å². The molecule has 5 heteroatoms. The molecule has 1 aromatic heterocycles. The zero-order valence-electron chi connectivity index (χ0n) is 5.01. The van der Waals surface area contributed by atoms with Crippen molar-refractivity contribution in [3.63, 3.8) is 0 Å². The molecule has 3 nitrogen and oxygen atoms in total. The van der Waals surface area contributed by atoms with Crippen molar-refractivity contribution in [1.82, 2.24) is 0 Å². The molecule has 0 aliphatic carbocycles. The summed E-state index contributed by atoms with van der Waals surface area (Å²) in [7, 11) is 0. The van der Waals surface area contributed by atoms with E-state index in [0.717, 1.165) is 3.57 Å². The van der Waals surface area contributed by atoms with Crippen LogP contribution in [-0.2, 0) is 0 Å². The summed E-state index contributed by atoms with van der Waals surface area (Å²) < 4.78 is 2.12. The van der Waals surface area contributed by atoms with Crippen molar-refractivity contribution in [3.8, 4) is 0 Å². The first kappa shape index (κ1) is 7.87. The first-order chi connectivity index (χ1) is 4.63. The second kappa shape index (κ2) is 2.79. The summed E-state index contributed by atoms with van der Waals surface area (Å²) in [6.07, 6.45) is 0. The molecule has 4 N–H and O–H groups in total. The number of hydrogen-bond donors (Lipinski definition) is 2. The predicted molar refractivity (Wildman–Crippen MR) is 48.9 cm³/mol. The van der Waals surface area contributed by atoms with Crippen molar-refractivity contribution in [2.45, 2.75) is 0 Å². The van der Waals surface area contributed by atoms with Gasteiger partial charge in [-0.3, -0.25) is 11.6 Å². The first-order valence-corrected chi connectivity index (χ1v) is 3.99. The number of rotatable bonds is 0. The van der Waals surface area contributed by atoms with Crippen molar-refractivity contribution < 1.29 is 4.68 Å². The molecule has 0 fully saturated rings. The van der Waals surface area contributed by atoms with Gasteiger partial charge in [-0.05, 0) is 40.3 Å². The van der Waals surface area contributed by atoms with Gasteiger partial charge in [0.1, 0.15) is 0 Å². The van der Waals surface area contributed by atoms with E-state index in [1.807, 2.05) is 6.07 Å². The molecule has 54 valence electrons. The quantitative estimate of drug-likeness (QED) is 0.313. The molecule has 10 heavy (non-hydrogen) atoms. The van der Waals surface area contributed by atoms with Crippen LogP contribution in [-0.4, -0.2) is 0 Å². The largest absolute Gasteiger partial charge is 0.296 e. The maximum atomic E-state index is 5.73. The molecule has 0 amide bonds. The van der Waals surface area contributed by atoms with Gasteiger partial charge >= 0.3 is 0 Å². The monoisotopic (exact) mass is 270 g/mol. The maximum absolute atomic E-state index is 5.73. The summed E-state index contributed by atoms with van der Waals surface area (Å²) in [5.74, 6) is 5.89. The Morgan fingerprint density at radius 3 is 2.60 bits per heavy atom. The maximum Gasteiger partial charge on any atom is 0.296 e. The number of pyridine rings is 1. The molecular formula is C5H6ClIN3+. The Morgan fingerprint density at radius 2 is 2.10 bits per heavy atom. The van der Waals surface area contributed by atoms with Crippen molar-refractivity contribution in [2.24, 2.45) is 0 Å². The van der Waals surface area contributed by atoms with Gasteiger partial charge in [-0.1, -0.05) is 0 Å². The van der Waals surface area contributed by atoms with E-state index in [2.05, 4.69) is 22.6 Å². The Labute approximate surface area is 77.1 Å². The summed E-state index contributed by atoms with van der Waals surface area (Å²) in [5.41, 5.74) is 5.44. The minimum atomic E-state index is 0.449. The molecule has 0 atom stereocenters. The SMILES string of the molecule is Nc1ccc(I)c(Cl)[n+]1N. The van der Waals surface area contributed by atoms with E-state index in [0.29, 0.717) is 11.0 Å². The molecule has 0 radical (unpaired) electrons. The predicted octanol–water partition coefficient (Wildman–Crippen LogP) is 0.528. The number of nitrogens with two attached hydrogens (primary N) is 2. The van der Waals surface area contributed by atoms with Crippen LogP contribution < -0.4 is 16.3 Å². The van der Waals surface area contributed by atoms with Crippen molar-refractivity contribution in [2.75, 3.05) is 11.6 Å². The van der Waals surface area contributed by atoms with Crippen LogP contribution in [0.25, 0.3) is 0 Å². The molecular weight excluding hydrogens is 264 g/mol. The molecule has 0 bridgehead atoms. The van der Waals surface area contributed by atoms with E-state index in [4.69, 9.17) is 23.2 Å². The van der Waals surface area contributed by atoms with Gasteiger partial charge in [0, 0.05) is 6.07 Å². The number of nitrogen functional groups attached to an aromatic ring is 2. The van der Waals surface area contributed by atoms with Crippen molar-refractivity contribution in [1.29, 1.82) is 0 Å². The zero-order chi connectivity index (χ0) is 7.72. The van der Waals surface area contributed by atoms with E-state index in [-0.39, 0.29) is 0 Å². The van der Waals surface area contributed by atoms with E-state index >= 15 is 0 Å². The van der Waals surface area contributed by atoms with Gasteiger partial charge in [-0.25, -0.2) is 0 Å². The molecule has 0 spiro atoms. The van der Waals surface area contributed by atoms with Crippen LogP contribution in [0.3, 0.4) is 0 Å². The van der Waals surface area contributed by atoms with Gasteiger partial charge in [-0.2, -0.15) is 0 Å². The second-order valence-corrected chi connectivity index (χ2v) is 3.29. The Bertz CT molecular complexity index is 236. The number of aromatic nitrogens is 1. The van der Waals surface area contributed by atoms with Crippen LogP contribution in [0, 0.1) is 3.57 Å². The number of hydrogen-bond acceptors (Lipinski definition) is 2. The Morgan fingerprint density at radius 1 is 1.50 bits per heavy atom. The van der Waals surface area contributed by atoms with Crippen LogP contribution in [0.4, 0.5) is 5.82 Å². The van der Waals surface area contributed by atoms with Gasteiger partial charge in [0.2, 0.25) is 5.15 Å². The van der Waals surface area contributed by atoms with Gasteiger partial charge < -0.3 is 0 Å². The zero-order valence-corrected chi connectivity index (χ0v) is 7.93. The average molecular weight is 270 g/mol. The van der Waals surface area contributed by atoms with E-state index < -0.39 is 0 Å². The first-order valence-electron chi connectivity index (χ1n) is 2.53. The average Bonchev–Trinajstić information content (AvgIpc) is 1.93. The third-order valence-electron chi connectivity index (χ3n) is 1.09. The molecule has 0 aliphatic rings. The second-order valence-electron chi connectivity index (χ2n) is 1.77. The lowest BCUT2D eigenvalue weighted by Crippen LogP contribution is -2.48. The summed E-state index contributed by atoms with van der Waals surface area (Å²) in [6.45, 7) is 0. The lowest BCUT2D eigenvalue weighted by Gasteiger charge is -1.97. The molecule has 0 unspecified atom stereocenters. The Hall–Kier alpha value is -0.230. The normalized spacial score (nSPS) is 9.80. The molecule has 1 rings (SSSR count). The summed E-state index contributed by atoms with van der Waals surface area (Å²) in [4.78, 5) is 0. The lowest BCUT2D eigenvalue weighted by atomic mass is 10.5. The number of nitrogens with zero attached hydrogens (tertiary/aromatic N) is 1. The standard InChI is InChI=1S/C5H5ClIN3/c6-5-3(7)1-2-4(8)10(5)9/h1-2,8H,9H2/p+1. The molecule has 1 heterocycles. The van der Waals surface area contributed by atoms with Gasteiger partial charge in [0.05, 0.1) is 3.57 Å². The van der Waals surface area contributed by atoms with Crippen LogP contribution in [0.5, 0.6) is 0 Å². The minimum absolute atomic E-state index is 0.449. The van der Waals surface area contributed by atoms with Gasteiger partial charge in [-0.15, -0.1) is 4.68 Å². The van der Waals surface area contributed by atoms with Crippen LogP contribution >= 0.6 is 34.2 Å². The van der Waals surface area contributed by atoms with Gasteiger partial charge in [0.25, 0.3) is 5.82 Å². The van der Waals surface area contributed by atoms with E-state index in [1.165, 1.54) is 4.68 Å². The fourth-order valence-corrected chi connectivity index (χ4v) is 1.14. The van der Waals surface area contributed by atoms with E-state index in [9.17, 15) is 0 Å². The third kappa shape index (κ3) is 1.27. The molecule has 0 saturated carbocycles. The summed E-state index contributed by atoms with van der Waals surface area (Å²) >= 11 is 7.81. The Kier molecular flexibility index (Phi) is 2.20. The fraction of sp³-hybridized carbons (Fsp3) is 0. The molecule has 1 aromatic rings. The molecule has 0 aromatic carbocycles. The van der Waals surface area contributed by atoms with Crippen LogP contribution in [0.15, 0.2) is 12.1 Å². The summed E-state index contributed by atoms with van der Waals surface area (Å²) in [5, 5.41) is 0.459. The minimum Gasteiger partial charge on any atom is -0.285 e. The summed E-state index contributed by atoms with van der Waals surface area (Å²) in [6, 6.07) is 3.51.